The van der Waals surface area contributed by atoms with Gasteiger partial charge in [-0.2, -0.15) is 0 Å². The summed E-state index contributed by atoms with van der Waals surface area (Å²) in [5.41, 5.74) is 3.44. The van der Waals surface area contributed by atoms with Crippen molar-refractivity contribution >= 4 is 11.3 Å². The molecule has 0 radical (unpaired) electrons. The monoisotopic (exact) mass is 233 g/mol. The van der Waals surface area contributed by atoms with Crippen molar-refractivity contribution in [3.8, 4) is 0 Å². The highest BCUT2D eigenvalue weighted by Crippen LogP contribution is 2.12. The van der Waals surface area contributed by atoms with E-state index >= 15 is 0 Å². The SMILES string of the molecule is Cc1nc(CCc2ccc(CO)cc2)cs1. The molecule has 0 bridgehead atoms. The van der Waals surface area contributed by atoms with Gasteiger partial charge in [0, 0.05) is 5.38 Å². The zero-order valence-corrected chi connectivity index (χ0v) is 10.1. The van der Waals surface area contributed by atoms with Crippen LogP contribution in [0.5, 0.6) is 0 Å². The lowest BCUT2D eigenvalue weighted by Gasteiger charge is -2.01. The molecule has 0 saturated heterocycles. The number of thiazole rings is 1. The van der Waals surface area contributed by atoms with Crippen molar-refractivity contribution in [3.05, 3.63) is 51.5 Å². The lowest BCUT2D eigenvalue weighted by Crippen LogP contribution is -1.92. The molecule has 84 valence electrons. The van der Waals surface area contributed by atoms with Gasteiger partial charge in [0.25, 0.3) is 0 Å². The Morgan fingerprint density at radius 2 is 1.81 bits per heavy atom. The maximum absolute atomic E-state index is 8.93. The van der Waals surface area contributed by atoms with Crippen LogP contribution >= 0.6 is 11.3 Å². The Bertz CT molecular complexity index is 447. The zero-order valence-electron chi connectivity index (χ0n) is 9.31. The number of rotatable bonds is 4. The van der Waals surface area contributed by atoms with Crippen molar-refractivity contribution in [1.82, 2.24) is 4.98 Å². The molecule has 0 fully saturated rings. The maximum Gasteiger partial charge on any atom is 0.0897 e. The van der Waals surface area contributed by atoms with Crippen molar-refractivity contribution in [2.45, 2.75) is 26.4 Å². The summed E-state index contributed by atoms with van der Waals surface area (Å²) in [6.45, 7) is 2.15. The highest BCUT2D eigenvalue weighted by atomic mass is 32.1. The molecule has 0 unspecified atom stereocenters. The van der Waals surface area contributed by atoms with Crippen molar-refractivity contribution < 1.29 is 5.11 Å². The molecule has 16 heavy (non-hydrogen) atoms. The summed E-state index contributed by atoms with van der Waals surface area (Å²) in [5.74, 6) is 0. The lowest BCUT2D eigenvalue weighted by molar-refractivity contribution is 0.282. The Labute approximate surface area is 99.6 Å². The average Bonchev–Trinajstić information content (AvgIpc) is 2.73. The first-order chi connectivity index (χ1) is 7.78. The fourth-order valence-corrected chi connectivity index (χ4v) is 2.25. The molecular weight excluding hydrogens is 218 g/mol. The number of benzene rings is 1. The van der Waals surface area contributed by atoms with Crippen LogP contribution < -0.4 is 0 Å². The molecule has 0 saturated carbocycles. The van der Waals surface area contributed by atoms with Gasteiger partial charge in [0.05, 0.1) is 17.3 Å². The number of aryl methyl sites for hydroxylation is 3. The van der Waals surface area contributed by atoms with Gasteiger partial charge < -0.3 is 5.11 Å². The van der Waals surface area contributed by atoms with Gasteiger partial charge in [-0.25, -0.2) is 4.98 Å². The van der Waals surface area contributed by atoms with Gasteiger partial charge in [0.15, 0.2) is 0 Å². The molecule has 1 N–H and O–H groups in total. The summed E-state index contributed by atoms with van der Waals surface area (Å²) in [6.07, 6.45) is 2.00. The maximum atomic E-state index is 8.93. The molecule has 1 heterocycles. The summed E-state index contributed by atoms with van der Waals surface area (Å²) in [4.78, 5) is 4.44. The van der Waals surface area contributed by atoms with Gasteiger partial charge in [-0.1, -0.05) is 24.3 Å². The summed E-state index contributed by atoms with van der Waals surface area (Å²) >= 11 is 1.70. The molecule has 0 aliphatic heterocycles. The van der Waals surface area contributed by atoms with Crippen molar-refractivity contribution in [2.24, 2.45) is 0 Å². The van der Waals surface area contributed by atoms with E-state index in [0.717, 1.165) is 23.4 Å². The summed E-state index contributed by atoms with van der Waals surface area (Å²) in [7, 11) is 0. The predicted octanol–water partition coefficient (Wildman–Crippen LogP) is 2.73. The third-order valence-corrected chi connectivity index (χ3v) is 3.36. The second-order valence-electron chi connectivity index (χ2n) is 3.83. The fraction of sp³-hybridized carbons (Fsp3) is 0.308. The average molecular weight is 233 g/mol. The van der Waals surface area contributed by atoms with E-state index < -0.39 is 0 Å². The van der Waals surface area contributed by atoms with E-state index in [-0.39, 0.29) is 6.61 Å². The van der Waals surface area contributed by atoms with Gasteiger partial charge >= 0.3 is 0 Å². The highest BCUT2D eigenvalue weighted by molar-refractivity contribution is 7.09. The van der Waals surface area contributed by atoms with Gasteiger partial charge in [0.2, 0.25) is 0 Å². The van der Waals surface area contributed by atoms with Crippen LogP contribution in [0.2, 0.25) is 0 Å². The first kappa shape index (κ1) is 11.3. The van der Waals surface area contributed by atoms with Crippen LogP contribution in [0.3, 0.4) is 0 Å². The molecule has 0 spiro atoms. The van der Waals surface area contributed by atoms with Gasteiger partial charge in [-0.15, -0.1) is 11.3 Å². The van der Waals surface area contributed by atoms with Crippen LogP contribution in [-0.4, -0.2) is 10.1 Å². The molecular formula is C13H15NOS. The number of aliphatic hydroxyl groups is 1. The number of hydrogen-bond acceptors (Lipinski definition) is 3. The zero-order chi connectivity index (χ0) is 11.4. The predicted molar refractivity (Wildman–Crippen MR) is 66.6 cm³/mol. The molecule has 1 aromatic heterocycles. The van der Waals surface area contributed by atoms with Crippen LogP contribution in [0, 0.1) is 6.92 Å². The van der Waals surface area contributed by atoms with Crippen LogP contribution in [-0.2, 0) is 19.4 Å². The third kappa shape index (κ3) is 2.90. The summed E-state index contributed by atoms with van der Waals surface area (Å²) in [6, 6.07) is 8.10. The third-order valence-electron chi connectivity index (χ3n) is 2.54. The molecule has 2 rings (SSSR count). The first-order valence-electron chi connectivity index (χ1n) is 5.37. The number of nitrogens with zero attached hydrogens (tertiary/aromatic N) is 1. The molecule has 0 aliphatic rings. The van der Waals surface area contributed by atoms with E-state index in [4.69, 9.17) is 5.11 Å². The van der Waals surface area contributed by atoms with Crippen molar-refractivity contribution in [2.75, 3.05) is 0 Å². The van der Waals surface area contributed by atoms with E-state index in [1.54, 1.807) is 11.3 Å². The minimum atomic E-state index is 0.117. The summed E-state index contributed by atoms with van der Waals surface area (Å²) < 4.78 is 0. The second-order valence-corrected chi connectivity index (χ2v) is 4.89. The van der Waals surface area contributed by atoms with Crippen LogP contribution in [0.25, 0.3) is 0 Å². The first-order valence-corrected chi connectivity index (χ1v) is 6.25. The Morgan fingerprint density at radius 3 is 2.38 bits per heavy atom. The fourth-order valence-electron chi connectivity index (χ4n) is 1.61. The normalized spacial score (nSPS) is 10.6. The van der Waals surface area contributed by atoms with E-state index in [0.29, 0.717) is 0 Å². The second kappa shape index (κ2) is 5.23. The van der Waals surface area contributed by atoms with Gasteiger partial charge in [-0.3, -0.25) is 0 Å². The lowest BCUT2D eigenvalue weighted by atomic mass is 10.1. The Kier molecular flexibility index (Phi) is 3.70. The van der Waals surface area contributed by atoms with Crippen LogP contribution in [0.4, 0.5) is 0 Å². The molecule has 2 nitrogen and oxygen atoms in total. The molecule has 1 aromatic carbocycles. The largest absolute Gasteiger partial charge is 0.392 e. The van der Waals surface area contributed by atoms with Crippen LogP contribution in [0.1, 0.15) is 21.8 Å². The molecule has 0 aliphatic carbocycles. The standard InChI is InChI=1S/C13H15NOS/c1-10-14-13(9-16-10)7-6-11-2-4-12(8-15)5-3-11/h2-5,9,15H,6-8H2,1H3. The number of aromatic nitrogens is 1. The Hall–Kier alpha value is -1.19. The molecule has 3 heteroatoms. The van der Waals surface area contributed by atoms with Crippen molar-refractivity contribution in [3.63, 3.8) is 0 Å². The Balaban J connectivity index is 1.94. The topological polar surface area (TPSA) is 33.1 Å². The Morgan fingerprint density at radius 1 is 1.12 bits per heavy atom. The molecule has 2 aromatic rings. The minimum absolute atomic E-state index is 0.117. The number of hydrogen-bond donors (Lipinski definition) is 1. The van der Waals surface area contributed by atoms with Gasteiger partial charge in [0.1, 0.15) is 0 Å². The van der Waals surface area contributed by atoms with E-state index in [1.165, 1.54) is 11.3 Å². The molecule has 0 amide bonds. The quantitative estimate of drug-likeness (QED) is 0.880. The van der Waals surface area contributed by atoms with Gasteiger partial charge in [-0.05, 0) is 30.9 Å². The number of aliphatic hydroxyl groups excluding tert-OH is 1. The van der Waals surface area contributed by atoms with E-state index in [9.17, 15) is 0 Å². The van der Waals surface area contributed by atoms with Crippen LogP contribution in [0.15, 0.2) is 29.6 Å². The van der Waals surface area contributed by atoms with E-state index in [2.05, 4.69) is 22.5 Å². The summed E-state index contributed by atoms with van der Waals surface area (Å²) in [5, 5.41) is 12.2. The smallest absolute Gasteiger partial charge is 0.0897 e. The molecule has 0 atom stereocenters. The highest BCUT2D eigenvalue weighted by Gasteiger charge is 1.99. The minimum Gasteiger partial charge on any atom is -0.392 e. The van der Waals surface area contributed by atoms with E-state index in [1.807, 2.05) is 19.1 Å². The van der Waals surface area contributed by atoms with Crippen molar-refractivity contribution in [1.29, 1.82) is 0 Å².